The van der Waals surface area contributed by atoms with Crippen LogP contribution in [-0.2, 0) is 12.6 Å². The van der Waals surface area contributed by atoms with Crippen LogP contribution in [0.25, 0.3) is 0 Å². The van der Waals surface area contributed by atoms with Crippen LogP contribution in [0.3, 0.4) is 0 Å². The van der Waals surface area contributed by atoms with Crippen LogP contribution in [0.5, 0.6) is 0 Å². The first kappa shape index (κ1) is 15.4. The number of hydrogen-bond acceptors (Lipinski definition) is 2. The van der Waals surface area contributed by atoms with E-state index in [1.807, 2.05) is 13.0 Å². The normalized spacial score (nSPS) is 13.2. The second kappa shape index (κ2) is 5.81. The number of halogens is 4. The van der Waals surface area contributed by atoms with Crippen LogP contribution in [0.2, 0.25) is 0 Å². The van der Waals surface area contributed by atoms with Crippen molar-refractivity contribution in [3.05, 3.63) is 64.7 Å². The van der Waals surface area contributed by atoms with Crippen LogP contribution in [-0.4, -0.2) is 4.98 Å². The maximum atomic E-state index is 13.2. The van der Waals surface area contributed by atoms with Gasteiger partial charge in [-0.25, -0.2) is 4.39 Å². The van der Waals surface area contributed by atoms with Gasteiger partial charge in [0.25, 0.3) is 0 Å². The highest BCUT2D eigenvalue weighted by Crippen LogP contribution is 2.33. The van der Waals surface area contributed by atoms with E-state index in [1.54, 1.807) is 12.3 Å². The fourth-order valence-corrected chi connectivity index (χ4v) is 2.05. The molecule has 6 heteroatoms. The third kappa shape index (κ3) is 3.58. The van der Waals surface area contributed by atoms with Gasteiger partial charge in [-0.1, -0.05) is 12.1 Å². The fourth-order valence-electron chi connectivity index (χ4n) is 2.05. The van der Waals surface area contributed by atoms with Crippen molar-refractivity contribution in [2.24, 2.45) is 5.73 Å². The average Bonchev–Trinajstić information content (AvgIpc) is 2.40. The van der Waals surface area contributed by atoms with Gasteiger partial charge in [0.2, 0.25) is 0 Å². The van der Waals surface area contributed by atoms with Crippen molar-refractivity contribution in [2.45, 2.75) is 25.6 Å². The van der Waals surface area contributed by atoms with Crippen LogP contribution in [0.4, 0.5) is 17.6 Å². The molecule has 1 unspecified atom stereocenters. The summed E-state index contributed by atoms with van der Waals surface area (Å²) < 4.78 is 51.3. The summed E-state index contributed by atoms with van der Waals surface area (Å²) in [5, 5.41) is 0. The van der Waals surface area contributed by atoms with Gasteiger partial charge < -0.3 is 5.73 Å². The van der Waals surface area contributed by atoms with Gasteiger partial charge in [0, 0.05) is 24.4 Å². The quantitative estimate of drug-likeness (QED) is 0.876. The molecule has 0 aliphatic rings. The van der Waals surface area contributed by atoms with E-state index in [9.17, 15) is 17.6 Å². The Morgan fingerprint density at radius 2 is 1.95 bits per heavy atom. The molecule has 0 amide bonds. The molecule has 0 aliphatic carbocycles. The fraction of sp³-hybridized carbons (Fsp3) is 0.267. The lowest BCUT2D eigenvalue weighted by Crippen LogP contribution is -2.17. The number of aromatic nitrogens is 1. The van der Waals surface area contributed by atoms with Crippen molar-refractivity contribution in [1.82, 2.24) is 4.98 Å². The van der Waals surface area contributed by atoms with E-state index in [2.05, 4.69) is 4.98 Å². The maximum Gasteiger partial charge on any atom is 0.419 e. The monoisotopic (exact) mass is 298 g/mol. The summed E-state index contributed by atoms with van der Waals surface area (Å²) >= 11 is 0. The molecule has 0 saturated carbocycles. The minimum Gasteiger partial charge on any atom is -0.324 e. The summed E-state index contributed by atoms with van der Waals surface area (Å²) in [6, 6.07) is 5.76. The topological polar surface area (TPSA) is 38.9 Å². The van der Waals surface area contributed by atoms with E-state index in [4.69, 9.17) is 5.73 Å². The number of pyridine rings is 1. The molecule has 112 valence electrons. The first-order chi connectivity index (χ1) is 9.79. The van der Waals surface area contributed by atoms with E-state index >= 15 is 0 Å². The third-order valence-electron chi connectivity index (χ3n) is 3.26. The second-order valence-corrected chi connectivity index (χ2v) is 4.81. The second-order valence-electron chi connectivity index (χ2n) is 4.81. The standard InChI is InChI=1S/C15H14F4N2/c1-9-3-2-6-21-14(9)8-13(20)10-4-5-12(16)11(7-10)15(17,18)19/h2-7,13H,8,20H2,1H3. The number of alkyl halides is 3. The molecule has 1 aromatic heterocycles. The summed E-state index contributed by atoms with van der Waals surface area (Å²) in [7, 11) is 0. The highest BCUT2D eigenvalue weighted by atomic mass is 19.4. The van der Waals surface area contributed by atoms with E-state index in [1.165, 1.54) is 6.07 Å². The lowest BCUT2D eigenvalue weighted by Gasteiger charge is -2.15. The molecular formula is C15H14F4N2. The van der Waals surface area contributed by atoms with Crippen molar-refractivity contribution in [3.63, 3.8) is 0 Å². The molecule has 0 saturated heterocycles. The predicted octanol–water partition coefficient (Wildman–Crippen LogP) is 3.79. The number of hydrogen-bond donors (Lipinski definition) is 1. The lowest BCUT2D eigenvalue weighted by atomic mass is 9.98. The Bertz CT molecular complexity index is 638. The van der Waals surface area contributed by atoms with E-state index < -0.39 is 23.6 Å². The summed E-state index contributed by atoms with van der Waals surface area (Å²) in [5.74, 6) is -1.30. The van der Waals surface area contributed by atoms with Crippen LogP contribution in [0, 0.1) is 12.7 Å². The summed E-state index contributed by atoms with van der Waals surface area (Å²) in [6.07, 6.45) is -2.85. The molecule has 1 aromatic carbocycles. The minimum atomic E-state index is -4.74. The number of rotatable bonds is 3. The molecular weight excluding hydrogens is 284 g/mol. The number of nitrogens with zero attached hydrogens (tertiary/aromatic N) is 1. The van der Waals surface area contributed by atoms with Gasteiger partial charge in [-0.2, -0.15) is 13.2 Å². The Hall–Kier alpha value is -1.95. The molecule has 2 N–H and O–H groups in total. The van der Waals surface area contributed by atoms with Gasteiger partial charge in [-0.3, -0.25) is 4.98 Å². The van der Waals surface area contributed by atoms with E-state index in [0.29, 0.717) is 5.69 Å². The van der Waals surface area contributed by atoms with Crippen molar-refractivity contribution in [1.29, 1.82) is 0 Å². The Labute approximate surface area is 119 Å². The number of aryl methyl sites for hydroxylation is 1. The largest absolute Gasteiger partial charge is 0.419 e. The zero-order valence-electron chi connectivity index (χ0n) is 11.3. The van der Waals surface area contributed by atoms with Crippen LogP contribution < -0.4 is 5.73 Å². The number of nitrogens with two attached hydrogens (primary N) is 1. The van der Waals surface area contributed by atoms with Crippen molar-refractivity contribution < 1.29 is 17.6 Å². The Morgan fingerprint density at radius 3 is 2.57 bits per heavy atom. The van der Waals surface area contributed by atoms with Gasteiger partial charge in [0.15, 0.2) is 0 Å². The van der Waals surface area contributed by atoms with Gasteiger partial charge in [-0.15, -0.1) is 0 Å². The van der Waals surface area contributed by atoms with Gasteiger partial charge >= 0.3 is 6.18 Å². The molecule has 21 heavy (non-hydrogen) atoms. The number of benzene rings is 1. The minimum absolute atomic E-state index is 0.230. The highest BCUT2D eigenvalue weighted by Gasteiger charge is 2.34. The Kier molecular flexibility index (Phi) is 4.27. The third-order valence-corrected chi connectivity index (χ3v) is 3.26. The molecule has 0 radical (unpaired) electrons. The van der Waals surface area contributed by atoms with Crippen molar-refractivity contribution in [2.75, 3.05) is 0 Å². The van der Waals surface area contributed by atoms with Gasteiger partial charge in [0.05, 0.1) is 5.56 Å². The molecule has 1 heterocycles. The molecule has 0 aliphatic heterocycles. The molecule has 2 aromatic rings. The molecule has 2 nitrogen and oxygen atoms in total. The predicted molar refractivity (Wildman–Crippen MR) is 71.0 cm³/mol. The van der Waals surface area contributed by atoms with Crippen LogP contribution in [0.1, 0.15) is 28.4 Å². The Morgan fingerprint density at radius 1 is 1.24 bits per heavy atom. The van der Waals surface area contributed by atoms with Crippen molar-refractivity contribution in [3.8, 4) is 0 Å². The summed E-state index contributed by atoms with van der Waals surface area (Å²) in [4.78, 5) is 4.16. The summed E-state index contributed by atoms with van der Waals surface area (Å²) in [6.45, 7) is 1.85. The molecule has 2 rings (SSSR count). The molecule has 0 bridgehead atoms. The summed E-state index contributed by atoms with van der Waals surface area (Å²) in [5.41, 5.74) is 6.48. The zero-order valence-corrected chi connectivity index (χ0v) is 11.3. The van der Waals surface area contributed by atoms with Gasteiger partial charge in [-0.05, 0) is 36.2 Å². The smallest absolute Gasteiger partial charge is 0.324 e. The van der Waals surface area contributed by atoms with Gasteiger partial charge in [0.1, 0.15) is 5.82 Å². The van der Waals surface area contributed by atoms with Crippen LogP contribution >= 0.6 is 0 Å². The maximum absolute atomic E-state index is 13.2. The molecule has 0 spiro atoms. The SMILES string of the molecule is Cc1cccnc1CC(N)c1ccc(F)c(C(F)(F)F)c1. The van der Waals surface area contributed by atoms with Crippen molar-refractivity contribution >= 4 is 0 Å². The van der Waals surface area contributed by atoms with E-state index in [0.717, 1.165) is 17.7 Å². The Balaban J connectivity index is 2.28. The van der Waals surface area contributed by atoms with Crippen LogP contribution in [0.15, 0.2) is 36.5 Å². The average molecular weight is 298 g/mol. The van der Waals surface area contributed by atoms with E-state index in [-0.39, 0.29) is 12.0 Å². The molecule has 1 atom stereocenters. The highest BCUT2D eigenvalue weighted by molar-refractivity contribution is 5.31. The lowest BCUT2D eigenvalue weighted by molar-refractivity contribution is -0.140. The first-order valence-electron chi connectivity index (χ1n) is 6.31. The zero-order chi connectivity index (χ0) is 15.6. The first-order valence-corrected chi connectivity index (χ1v) is 6.31. The molecule has 0 fully saturated rings.